The van der Waals surface area contributed by atoms with E-state index in [1.165, 1.54) is 30.5 Å². The summed E-state index contributed by atoms with van der Waals surface area (Å²) in [6.07, 6.45) is -3.84. The number of alkyl halides is 3. The first-order valence-electron chi connectivity index (χ1n) is 7.67. The predicted molar refractivity (Wildman–Crippen MR) is 87.0 cm³/mol. The molecule has 0 atom stereocenters. The van der Waals surface area contributed by atoms with Crippen molar-refractivity contribution >= 4 is 21.8 Å². The first kappa shape index (κ1) is 19.7. The van der Waals surface area contributed by atoms with Gasteiger partial charge in [0.25, 0.3) is 10.2 Å². The molecule has 25 heavy (non-hydrogen) atoms. The summed E-state index contributed by atoms with van der Waals surface area (Å²) in [6.45, 7) is 0.391. The fraction of sp³-hybridized carbons (Fsp3) is 0.533. The van der Waals surface area contributed by atoms with Crippen molar-refractivity contribution in [3.8, 4) is 0 Å². The van der Waals surface area contributed by atoms with Gasteiger partial charge in [-0.25, -0.2) is 0 Å². The molecule has 0 unspecified atom stereocenters. The van der Waals surface area contributed by atoms with E-state index in [0.717, 1.165) is 16.4 Å². The summed E-state index contributed by atoms with van der Waals surface area (Å²) in [5, 5.41) is 2.48. The average Bonchev–Trinajstić information content (AvgIpc) is 2.54. The molecule has 0 aromatic heterocycles. The minimum absolute atomic E-state index is 0.0724. The van der Waals surface area contributed by atoms with Gasteiger partial charge in [-0.05, 0) is 31.0 Å². The topological polar surface area (TPSA) is 69.7 Å². The zero-order chi connectivity index (χ0) is 18.8. The number of piperidine rings is 1. The van der Waals surface area contributed by atoms with Crippen molar-refractivity contribution in [3.05, 3.63) is 29.8 Å². The maximum atomic E-state index is 12.7. The third-order valence-electron chi connectivity index (χ3n) is 4.07. The fourth-order valence-electron chi connectivity index (χ4n) is 2.60. The van der Waals surface area contributed by atoms with Crippen LogP contribution in [0.4, 0.5) is 18.9 Å². The third kappa shape index (κ3) is 4.71. The van der Waals surface area contributed by atoms with Gasteiger partial charge >= 0.3 is 6.18 Å². The molecule has 1 aliphatic heterocycles. The lowest BCUT2D eigenvalue weighted by Crippen LogP contribution is -2.46. The van der Waals surface area contributed by atoms with Crippen molar-refractivity contribution < 1.29 is 26.4 Å². The highest BCUT2D eigenvalue weighted by Crippen LogP contribution is 2.31. The summed E-state index contributed by atoms with van der Waals surface area (Å²) in [5.74, 6) is -0.843. The van der Waals surface area contributed by atoms with Gasteiger partial charge in [0, 0.05) is 38.8 Å². The zero-order valence-electron chi connectivity index (χ0n) is 13.9. The standard InChI is InChI=1S/C15H20F3N3O3S/c1-20(2)25(23,24)21-8-6-11(7-9-21)14(22)19-13-5-3-4-12(10-13)15(16,17)18/h3-5,10-11H,6-9H2,1-2H3,(H,19,22). The summed E-state index contributed by atoms with van der Waals surface area (Å²) in [7, 11) is -0.655. The van der Waals surface area contributed by atoms with E-state index in [1.807, 2.05) is 0 Å². The molecule has 1 aromatic rings. The number of benzene rings is 1. The maximum absolute atomic E-state index is 12.7. The number of nitrogens with one attached hydrogen (secondary N) is 1. The Bertz CT molecular complexity index is 727. The number of carbonyl (C=O) groups excluding carboxylic acids is 1. The van der Waals surface area contributed by atoms with Crippen LogP contribution in [0.2, 0.25) is 0 Å². The molecule has 0 spiro atoms. The molecule has 0 saturated carbocycles. The number of anilines is 1. The Balaban J connectivity index is 1.98. The number of halogens is 3. The Morgan fingerprint density at radius 1 is 1.24 bits per heavy atom. The molecule has 1 saturated heterocycles. The summed E-state index contributed by atoms with van der Waals surface area (Å²) in [4.78, 5) is 12.2. The van der Waals surface area contributed by atoms with Gasteiger partial charge in [-0.15, -0.1) is 0 Å². The van der Waals surface area contributed by atoms with Crippen LogP contribution < -0.4 is 5.32 Å². The van der Waals surface area contributed by atoms with Crippen LogP contribution in [0.25, 0.3) is 0 Å². The van der Waals surface area contributed by atoms with E-state index in [4.69, 9.17) is 0 Å². The molecular weight excluding hydrogens is 359 g/mol. The average molecular weight is 379 g/mol. The zero-order valence-corrected chi connectivity index (χ0v) is 14.7. The molecule has 10 heteroatoms. The van der Waals surface area contributed by atoms with Crippen molar-refractivity contribution in [2.75, 3.05) is 32.5 Å². The molecule has 1 aromatic carbocycles. The molecule has 0 bridgehead atoms. The molecule has 1 N–H and O–H groups in total. The summed E-state index contributed by atoms with van der Waals surface area (Å²) in [6, 6.07) is 4.42. The lowest BCUT2D eigenvalue weighted by atomic mass is 9.97. The van der Waals surface area contributed by atoms with Crippen molar-refractivity contribution in [1.82, 2.24) is 8.61 Å². The highest BCUT2D eigenvalue weighted by molar-refractivity contribution is 7.86. The van der Waals surface area contributed by atoms with E-state index in [-0.39, 0.29) is 18.8 Å². The third-order valence-corrected chi connectivity index (χ3v) is 6.01. The molecule has 0 aliphatic carbocycles. The second-order valence-corrected chi connectivity index (χ2v) is 8.17. The summed E-state index contributed by atoms with van der Waals surface area (Å²) < 4.78 is 64.6. The van der Waals surface area contributed by atoms with E-state index in [0.29, 0.717) is 12.8 Å². The Hall–Kier alpha value is -1.65. The van der Waals surface area contributed by atoms with E-state index in [1.54, 1.807) is 0 Å². The summed E-state index contributed by atoms with van der Waals surface area (Å²) in [5.41, 5.74) is -0.764. The molecule has 1 heterocycles. The highest BCUT2D eigenvalue weighted by Gasteiger charge is 2.33. The van der Waals surface area contributed by atoms with Gasteiger partial charge in [-0.3, -0.25) is 4.79 Å². The molecular formula is C15H20F3N3O3S. The van der Waals surface area contributed by atoms with Gasteiger partial charge in [0.1, 0.15) is 0 Å². The number of hydrogen-bond donors (Lipinski definition) is 1. The predicted octanol–water partition coefficient (Wildman–Crippen LogP) is 2.16. The van der Waals surface area contributed by atoms with E-state index in [2.05, 4.69) is 5.32 Å². The quantitative estimate of drug-likeness (QED) is 0.872. The molecule has 140 valence electrons. The number of nitrogens with zero attached hydrogens (tertiary/aromatic N) is 2. The van der Waals surface area contributed by atoms with Crippen LogP contribution in [0.15, 0.2) is 24.3 Å². The Labute approximate surface area is 144 Å². The van der Waals surface area contributed by atoms with E-state index >= 15 is 0 Å². The monoisotopic (exact) mass is 379 g/mol. The molecule has 6 nitrogen and oxygen atoms in total. The van der Waals surface area contributed by atoms with Crippen molar-refractivity contribution in [2.45, 2.75) is 19.0 Å². The first-order valence-corrected chi connectivity index (χ1v) is 9.07. The lowest BCUT2D eigenvalue weighted by Gasteiger charge is -2.32. The van der Waals surface area contributed by atoms with Gasteiger partial charge in [-0.1, -0.05) is 6.07 Å². The number of rotatable bonds is 4. The number of carbonyl (C=O) groups is 1. The van der Waals surface area contributed by atoms with Crippen LogP contribution in [0.3, 0.4) is 0 Å². The smallest absolute Gasteiger partial charge is 0.326 e. The maximum Gasteiger partial charge on any atom is 0.416 e. The van der Waals surface area contributed by atoms with Crippen LogP contribution in [0.1, 0.15) is 18.4 Å². The van der Waals surface area contributed by atoms with E-state index in [9.17, 15) is 26.4 Å². The second-order valence-electron chi connectivity index (χ2n) is 6.03. The minimum Gasteiger partial charge on any atom is -0.326 e. The number of amides is 1. The number of hydrogen-bond acceptors (Lipinski definition) is 3. The Kier molecular flexibility index (Phi) is 5.75. The van der Waals surface area contributed by atoms with Crippen LogP contribution in [-0.2, 0) is 21.2 Å². The SMILES string of the molecule is CN(C)S(=O)(=O)N1CCC(C(=O)Nc2cccc(C(F)(F)F)c2)CC1. The van der Waals surface area contributed by atoms with Crippen LogP contribution in [0, 0.1) is 5.92 Å². The normalized spacial score (nSPS) is 17.7. The van der Waals surface area contributed by atoms with Gasteiger partial charge < -0.3 is 5.32 Å². The fourth-order valence-corrected chi connectivity index (χ4v) is 3.73. The van der Waals surface area contributed by atoms with Crippen LogP contribution in [0.5, 0.6) is 0 Å². The first-order chi connectivity index (χ1) is 11.5. The van der Waals surface area contributed by atoms with Gasteiger partial charge in [0.05, 0.1) is 5.56 Å². The molecule has 1 fully saturated rings. The molecule has 1 aliphatic rings. The van der Waals surface area contributed by atoms with Crippen molar-refractivity contribution in [1.29, 1.82) is 0 Å². The lowest BCUT2D eigenvalue weighted by molar-refractivity contribution is -0.137. The molecule has 2 rings (SSSR count). The highest BCUT2D eigenvalue weighted by atomic mass is 32.2. The van der Waals surface area contributed by atoms with Crippen LogP contribution >= 0.6 is 0 Å². The molecule has 0 radical (unpaired) electrons. The van der Waals surface area contributed by atoms with Gasteiger partial charge in [0.2, 0.25) is 5.91 Å². The van der Waals surface area contributed by atoms with E-state index < -0.39 is 33.8 Å². The van der Waals surface area contributed by atoms with Crippen LogP contribution in [-0.4, -0.2) is 50.1 Å². The second kappa shape index (κ2) is 7.30. The van der Waals surface area contributed by atoms with Gasteiger partial charge in [-0.2, -0.15) is 30.2 Å². The largest absolute Gasteiger partial charge is 0.416 e. The van der Waals surface area contributed by atoms with Crippen molar-refractivity contribution in [2.24, 2.45) is 5.92 Å². The van der Waals surface area contributed by atoms with Gasteiger partial charge in [0.15, 0.2) is 0 Å². The van der Waals surface area contributed by atoms with Crippen molar-refractivity contribution in [3.63, 3.8) is 0 Å². The Morgan fingerprint density at radius 2 is 1.84 bits per heavy atom. The Morgan fingerprint density at radius 3 is 2.36 bits per heavy atom. The summed E-state index contributed by atoms with van der Waals surface area (Å²) >= 11 is 0. The minimum atomic E-state index is -4.48. The molecule has 1 amide bonds.